The van der Waals surface area contributed by atoms with E-state index in [1.165, 1.54) is 28.5 Å². The predicted octanol–water partition coefficient (Wildman–Crippen LogP) is -0.684. The zero-order valence-electron chi connectivity index (χ0n) is 17.9. The molecule has 0 unspecified atom stereocenters. The maximum Gasteiger partial charge on any atom is 0.279 e. The highest BCUT2D eigenvalue weighted by Gasteiger charge is 2.24. The summed E-state index contributed by atoms with van der Waals surface area (Å²) in [5, 5.41) is 26.0. The Kier molecular flexibility index (Phi) is 5.21. The van der Waals surface area contributed by atoms with Crippen LogP contribution in [0.2, 0.25) is 0 Å². The van der Waals surface area contributed by atoms with Crippen LogP contribution in [0.4, 0.5) is 0 Å². The Morgan fingerprint density at radius 2 is 1.85 bits per heavy atom. The zero-order chi connectivity index (χ0) is 22.9. The van der Waals surface area contributed by atoms with Crippen molar-refractivity contribution < 1.29 is 0 Å². The van der Waals surface area contributed by atoms with Crippen LogP contribution in [-0.4, -0.2) is 56.2 Å². The van der Waals surface area contributed by atoms with E-state index in [2.05, 4.69) is 46.8 Å². The van der Waals surface area contributed by atoms with Gasteiger partial charge in [-0.15, -0.1) is 15.3 Å². The Labute approximate surface area is 185 Å². The van der Waals surface area contributed by atoms with Crippen molar-refractivity contribution in [2.45, 2.75) is 45.4 Å². The molecule has 2 N–H and O–H groups in total. The van der Waals surface area contributed by atoms with Crippen molar-refractivity contribution >= 4 is 28.1 Å². The van der Waals surface area contributed by atoms with Gasteiger partial charge in [0.15, 0.2) is 6.33 Å². The maximum atomic E-state index is 13.3. The first-order valence-corrected chi connectivity index (χ1v) is 10.4. The molecule has 0 amide bonds. The van der Waals surface area contributed by atoms with Crippen LogP contribution in [0, 0.1) is 0 Å². The number of hydrazone groups is 1. The number of hydrazine groups is 2. The second-order valence-corrected chi connectivity index (χ2v) is 7.48. The summed E-state index contributed by atoms with van der Waals surface area (Å²) in [6, 6.07) is 2.93. The largest absolute Gasteiger partial charge is 0.294 e. The Morgan fingerprint density at radius 1 is 1.03 bits per heavy atom. The molecule has 15 heteroatoms. The van der Waals surface area contributed by atoms with E-state index in [-0.39, 0.29) is 17.2 Å². The minimum absolute atomic E-state index is 0.216. The van der Waals surface area contributed by atoms with Gasteiger partial charge in [0.2, 0.25) is 0 Å². The first-order chi connectivity index (χ1) is 16.1. The summed E-state index contributed by atoms with van der Waals surface area (Å²) < 4.78 is 2.81. The quantitative estimate of drug-likeness (QED) is 0.342. The summed E-state index contributed by atoms with van der Waals surface area (Å²) in [5.41, 5.74) is 5.77. The van der Waals surface area contributed by atoms with Crippen LogP contribution >= 0.6 is 0 Å². The van der Waals surface area contributed by atoms with E-state index < -0.39 is 6.17 Å². The van der Waals surface area contributed by atoms with Gasteiger partial charge >= 0.3 is 0 Å². The van der Waals surface area contributed by atoms with Gasteiger partial charge in [-0.3, -0.25) is 19.6 Å². The van der Waals surface area contributed by atoms with Crippen LogP contribution in [0.5, 0.6) is 0 Å². The molecule has 15 nitrogen and oxygen atoms in total. The van der Waals surface area contributed by atoms with E-state index in [4.69, 9.17) is 0 Å². The van der Waals surface area contributed by atoms with Crippen molar-refractivity contribution in [1.82, 2.24) is 60.8 Å². The first kappa shape index (κ1) is 20.6. The molecule has 1 aliphatic rings. The van der Waals surface area contributed by atoms with E-state index in [0.29, 0.717) is 41.2 Å². The molecule has 5 rings (SSSR count). The SMILES string of the molecule is CC[C@H](Cn1ncnn1)n1cnc2cc3c(=O)n([C@H](CC)N4NC=NN4)nnc3cc2c1=O. The highest BCUT2D eigenvalue weighted by molar-refractivity contribution is 5.93. The van der Waals surface area contributed by atoms with Gasteiger partial charge in [-0.1, -0.05) is 24.2 Å². The van der Waals surface area contributed by atoms with Crippen molar-refractivity contribution in [2.24, 2.45) is 5.10 Å². The summed E-state index contributed by atoms with van der Waals surface area (Å²) in [6.07, 6.45) is 5.04. The average molecular weight is 451 g/mol. The Hall–Kier alpha value is -4.27. The molecule has 0 spiro atoms. The number of fused-ring (bicyclic) bond motifs is 2. The maximum absolute atomic E-state index is 13.3. The fourth-order valence-corrected chi connectivity index (χ4v) is 3.84. The Balaban J connectivity index is 1.58. The molecule has 0 bridgehead atoms. The molecule has 0 saturated carbocycles. The number of hydrogen-bond acceptors (Lipinski definition) is 12. The van der Waals surface area contributed by atoms with E-state index >= 15 is 0 Å². The van der Waals surface area contributed by atoms with Gasteiger partial charge in [0.25, 0.3) is 11.1 Å². The van der Waals surface area contributed by atoms with Gasteiger partial charge < -0.3 is 0 Å². The predicted molar refractivity (Wildman–Crippen MR) is 116 cm³/mol. The minimum atomic E-state index is -0.468. The average Bonchev–Trinajstić information content (AvgIpc) is 3.54. The highest BCUT2D eigenvalue weighted by atomic mass is 16.1. The standard InChI is InChI=1S/C18H21N13O2/c1-3-11(7-29-22-8-20-25-29)28-10-19-14-5-13-15(6-12(14)17(28)32)24-27-30(18(13)33)16(4-2)31-23-9-21-26-31/h5-6,8-11,16,26H,3-4,7H2,1-2H3,(H,21,23)/t11-,16+/m1/s1. The number of aromatic nitrogens is 9. The van der Waals surface area contributed by atoms with Crippen LogP contribution < -0.4 is 22.1 Å². The van der Waals surface area contributed by atoms with Crippen LogP contribution in [0.1, 0.15) is 38.9 Å². The summed E-state index contributed by atoms with van der Waals surface area (Å²) in [7, 11) is 0. The molecule has 3 aromatic heterocycles. The summed E-state index contributed by atoms with van der Waals surface area (Å²) in [6.45, 7) is 4.25. The lowest BCUT2D eigenvalue weighted by molar-refractivity contribution is 0.0481. The summed E-state index contributed by atoms with van der Waals surface area (Å²) in [4.78, 5) is 32.4. The smallest absolute Gasteiger partial charge is 0.279 e. The molecule has 4 aromatic rings. The lowest BCUT2D eigenvalue weighted by Gasteiger charge is -2.25. The van der Waals surface area contributed by atoms with Gasteiger partial charge in [-0.2, -0.15) is 14.6 Å². The topological polar surface area (TPSA) is 166 Å². The third-order valence-corrected chi connectivity index (χ3v) is 5.59. The third-order valence-electron chi connectivity index (χ3n) is 5.59. The van der Waals surface area contributed by atoms with Gasteiger partial charge in [-0.25, -0.2) is 10.5 Å². The second kappa shape index (κ2) is 8.34. The molecule has 1 aliphatic heterocycles. The fourth-order valence-electron chi connectivity index (χ4n) is 3.84. The minimum Gasteiger partial charge on any atom is -0.294 e. The zero-order valence-corrected chi connectivity index (χ0v) is 17.9. The monoisotopic (exact) mass is 451 g/mol. The Bertz CT molecular complexity index is 1430. The van der Waals surface area contributed by atoms with Crippen molar-refractivity contribution in [3.05, 3.63) is 45.5 Å². The Morgan fingerprint density at radius 3 is 2.55 bits per heavy atom. The highest BCUT2D eigenvalue weighted by Crippen LogP contribution is 2.18. The molecule has 0 aliphatic carbocycles. The number of tetrazole rings is 1. The van der Waals surface area contributed by atoms with Crippen LogP contribution in [0.15, 0.2) is 39.5 Å². The van der Waals surface area contributed by atoms with E-state index in [1.807, 2.05) is 13.8 Å². The first-order valence-electron chi connectivity index (χ1n) is 10.4. The number of rotatable bonds is 7. The lowest BCUT2D eigenvalue weighted by atomic mass is 10.1. The second-order valence-electron chi connectivity index (χ2n) is 7.48. The van der Waals surface area contributed by atoms with E-state index in [0.717, 1.165) is 0 Å². The van der Waals surface area contributed by atoms with Gasteiger partial charge in [0.1, 0.15) is 18.0 Å². The molecule has 33 heavy (non-hydrogen) atoms. The van der Waals surface area contributed by atoms with Gasteiger partial charge in [0, 0.05) is 0 Å². The van der Waals surface area contributed by atoms with Gasteiger partial charge in [0.05, 0.1) is 35.2 Å². The number of benzene rings is 1. The number of nitrogens with one attached hydrogen (secondary N) is 2. The third kappa shape index (κ3) is 3.57. The summed E-state index contributed by atoms with van der Waals surface area (Å²) in [5.74, 6) is 0. The molecule has 170 valence electrons. The van der Waals surface area contributed by atoms with Crippen LogP contribution in [-0.2, 0) is 6.54 Å². The van der Waals surface area contributed by atoms with Gasteiger partial charge in [-0.05, 0) is 30.2 Å². The summed E-state index contributed by atoms with van der Waals surface area (Å²) >= 11 is 0. The lowest BCUT2D eigenvalue weighted by Crippen LogP contribution is -2.47. The number of hydrogen-bond donors (Lipinski definition) is 2. The van der Waals surface area contributed by atoms with E-state index in [1.54, 1.807) is 21.8 Å². The van der Waals surface area contributed by atoms with Crippen molar-refractivity contribution in [3.8, 4) is 0 Å². The molecule has 4 heterocycles. The molecule has 0 fully saturated rings. The molecule has 2 atom stereocenters. The van der Waals surface area contributed by atoms with Crippen LogP contribution in [0.3, 0.4) is 0 Å². The van der Waals surface area contributed by atoms with E-state index in [9.17, 15) is 9.59 Å². The molecular formula is C18H21N13O2. The van der Waals surface area contributed by atoms with Crippen molar-refractivity contribution in [3.63, 3.8) is 0 Å². The van der Waals surface area contributed by atoms with Crippen molar-refractivity contribution in [2.75, 3.05) is 0 Å². The molecule has 0 radical (unpaired) electrons. The number of nitrogens with zero attached hydrogens (tertiary/aromatic N) is 11. The molecular weight excluding hydrogens is 430 g/mol. The molecule has 0 saturated heterocycles. The van der Waals surface area contributed by atoms with Crippen LogP contribution in [0.25, 0.3) is 21.8 Å². The normalized spacial score (nSPS) is 15.6. The van der Waals surface area contributed by atoms with Crippen molar-refractivity contribution in [1.29, 1.82) is 0 Å². The molecule has 1 aromatic carbocycles. The fraction of sp³-hybridized carbons (Fsp3) is 0.389.